The summed E-state index contributed by atoms with van der Waals surface area (Å²) in [5.41, 5.74) is 0.337. The van der Waals surface area contributed by atoms with Crippen molar-refractivity contribution in [1.29, 1.82) is 0 Å². The van der Waals surface area contributed by atoms with Crippen LogP contribution in [0.5, 0.6) is 0 Å². The molecule has 12 heavy (non-hydrogen) atoms. The maximum absolute atomic E-state index is 12.8. The number of carboxylic acid groups (broad SMARTS) is 1. The van der Waals surface area contributed by atoms with Crippen LogP contribution >= 0.6 is 11.6 Å². The van der Waals surface area contributed by atoms with E-state index >= 15 is 0 Å². The molecule has 0 amide bonds. The Hall–Kier alpha value is -1.09. The second-order valence-corrected chi connectivity index (χ2v) is 2.77. The van der Waals surface area contributed by atoms with Crippen molar-refractivity contribution in [3.8, 4) is 0 Å². The zero-order valence-corrected chi connectivity index (χ0v) is 7.02. The van der Waals surface area contributed by atoms with E-state index in [0.717, 1.165) is 6.07 Å². The van der Waals surface area contributed by atoms with E-state index in [1.54, 1.807) is 6.92 Å². The first kappa shape index (κ1) is 9.00. The summed E-state index contributed by atoms with van der Waals surface area (Å²) in [7, 11) is 0. The summed E-state index contributed by atoms with van der Waals surface area (Å²) in [4.78, 5) is 10.4. The first-order chi connectivity index (χ1) is 5.52. The van der Waals surface area contributed by atoms with Crippen LogP contribution in [0.3, 0.4) is 0 Å². The summed E-state index contributed by atoms with van der Waals surface area (Å²) in [5, 5.41) is 8.49. The van der Waals surface area contributed by atoms with Crippen LogP contribution < -0.4 is 0 Å². The van der Waals surface area contributed by atoms with Gasteiger partial charge in [-0.05, 0) is 24.6 Å². The topological polar surface area (TPSA) is 37.3 Å². The molecule has 0 unspecified atom stereocenters. The van der Waals surface area contributed by atoms with Gasteiger partial charge in [-0.3, -0.25) is 0 Å². The molecule has 0 aliphatic heterocycles. The monoisotopic (exact) mass is 188 g/mol. The van der Waals surface area contributed by atoms with Crippen LogP contribution in [0.1, 0.15) is 15.9 Å². The minimum Gasteiger partial charge on any atom is -0.478 e. The molecular formula is C8H6ClFO2. The predicted octanol–water partition coefficient (Wildman–Crippen LogP) is 2.49. The minimum absolute atomic E-state index is 0.0278. The molecule has 0 saturated carbocycles. The molecule has 0 fully saturated rings. The van der Waals surface area contributed by atoms with Crippen molar-refractivity contribution >= 4 is 17.6 Å². The van der Waals surface area contributed by atoms with Gasteiger partial charge in [0.05, 0.1) is 10.6 Å². The number of carboxylic acids is 1. The van der Waals surface area contributed by atoms with Gasteiger partial charge in [-0.15, -0.1) is 0 Å². The number of aromatic carboxylic acids is 1. The lowest BCUT2D eigenvalue weighted by atomic mass is 10.1. The summed E-state index contributed by atoms with van der Waals surface area (Å²) in [5.74, 6) is -1.86. The Kier molecular flexibility index (Phi) is 2.33. The number of hydrogen-bond donors (Lipinski definition) is 1. The van der Waals surface area contributed by atoms with Crippen LogP contribution in [-0.4, -0.2) is 11.1 Å². The Labute approximate surface area is 73.6 Å². The first-order valence-corrected chi connectivity index (χ1v) is 3.59. The van der Waals surface area contributed by atoms with Gasteiger partial charge in [0.15, 0.2) is 0 Å². The summed E-state index contributed by atoms with van der Waals surface area (Å²) < 4.78 is 12.8. The molecule has 0 radical (unpaired) electrons. The summed E-state index contributed by atoms with van der Waals surface area (Å²) >= 11 is 5.49. The molecule has 1 aromatic carbocycles. The molecule has 0 aliphatic carbocycles. The van der Waals surface area contributed by atoms with Gasteiger partial charge in [0, 0.05) is 0 Å². The van der Waals surface area contributed by atoms with E-state index in [4.69, 9.17) is 16.7 Å². The maximum atomic E-state index is 12.8. The Morgan fingerprint density at radius 1 is 1.58 bits per heavy atom. The van der Waals surface area contributed by atoms with Crippen LogP contribution in [0.2, 0.25) is 5.02 Å². The van der Waals surface area contributed by atoms with Crippen LogP contribution in [0, 0.1) is 12.7 Å². The molecule has 0 aliphatic rings. The van der Waals surface area contributed by atoms with Crippen LogP contribution in [0.25, 0.3) is 0 Å². The third kappa shape index (κ3) is 1.56. The number of carbonyl (C=O) groups is 1. The lowest BCUT2D eigenvalue weighted by Crippen LogP contribution is -1.98. The van der Waals surface area contributed by atoms with E-state index in [1.807, 2.05) is 0 Å². The number of halogens is 2. The Bertz CT molecular complexity index is 313. The van der Waals surface area contributed by atoms with Crippen molar-refractivity contribution in [3.05, 3.63) is 34.1 Å². The molecule has 0 aromatic heterocycles. The van der Waals surface area contributed by atoms with E-state index in [1.165, 1.54) is 6.07 Å². The highest BCUT2D eigenvalue weighted by molar-refractivity contribution is 6.31. The van der Waals surface area contributed by atoms with Crippen molar-refractivity contribution in [2.24, 2.45) is 0 Å². The van der Waals surface area contributed by atoms with Gasteiger partial charge in [0.2, 0.25) is 0 Å². The molecule has 0 bridgehead atoms. The zero-order valence-electron chi connectivity index (χ0n) is 6.27. The summed E-state index contributed by atoms with van der Waals surface area (Å²) in [6.45, 7) is 1.55. The van der Waals surface area contributed by atoms with Gasteiger partial charge < -0.3 is 5.11 Å². The largest absolute Gasteiger partial charge is 0.478 e. The van der Waals surface area contributed by atoms with Gasteiger partial charge >= 0.3 is 5.97 Å². The Balaban J connectivity index is 3.31. The lowest BCUT2D eigenvalue weighted by Gasteiger charge is -2.00. The van der Waals surface area contributed by atoms with Crippen molar-refractivity contribution in [2.75, 3.05) is 0 Å². The zero-order chi connectivity index (χ0) is 9.30. The SMILES string of the molecule is Cc1cc(C(=O)O)cc(F)c1Cl. The average molecular weight is 189 g/mol. The normalized spacial score (nSPS) is 9.92. The Morgan fingerprint density at radius 2 is 2.17 bits per heavy atom. The molecule has 0 spiro atoms. The number of benzene rings is 1. The summed E-state index contributed by atoms with van der Waals surface area (Å²) in [6, 6.07) is 2.23. The third-order valence-corrected chi connectivity index (χ3v) is 1.94. The lowest BCUT2D eigenvalue weighted by molar-refractivity contribution is 0.0696. The molecule has 2 nitrogen and oxygen atoms in total. The van der Waals surface area contributed by atoms with Crippen molar-refractivity contribution in [1.82, 2.24) is 0 Å². The van der Waals surface area contributed by atoms with Crippen LogP contribution in [-0.2, 0) is 0 Å². The molecule has 1 N–H and O–H groups in total. The van der Waals surface area contributed by atoms with E-state index in [-0.39, 0.29) is 10.6 Å². The highest BCUT2D eigenvalue weighted by Gasteiger charge is 2.09. The second-order valence-electron chi connectivity index (χ2n) is 2.39. The smallest absolute Gasteiger partial charge is 0.335 e. The predicted molar refractivity (Wildman–Crippen MR) is 43.1 cm³/mol. The van der Waals surface area contributed by atoms with Gasteiger partial charge in [-0.2, -0.15) is 0 Å². The Morgan fingerprint density at radius 3 is 2.58 bits per heavy atom. The number of rotatable bonds is 1. The van der Waals surface area contributed by atoms with Gasteiger partial charge in [-0.25, -0.2) is 9.18 Å². The first-order valence-electron chi connectivity index (χ1n) is 3.21. The average Bonchev–Trinajstić information content (AvgIpc) is 1.99. The fraction of sp³-hybridized carbons (Fsp3) is 0.125. The molecule has 0 saturated heterocycles. The molecular weight excluding hydrogens is 183 g/mol. The summed E-state index contributed by atoms with van der Waals surface area (Å²) in [6.07, 6.45) is 0. The second kappa shape index (κ2) is 3.11. The number of aryl methyl sites for hydroxylation is 1. The number of hydrogen-bond acceptors (Lipinski definition) is 1. The minimum atomic E-state index is -1.16. The van der Waals surface area contributed by atoms with Gasteiger partial charge in [0.1, 0.15) is 5.82 Å². The van der Waals surface area contributed by atoms with Gasteiger partial charge in [0.25, 0.3) is 0 Å². The molecule has 0 atom stereocenters. The quantitative estimate of drug-likeness (QED) is 0.735. The van der Waals surface area contributed by atoms with E-state index in [0.29, 0.717) is 5.56 Å². The molecule has 4 heteroatoms. The highest BCUT2D eigenvalue weighted by atomic mass is 35.5. The van der Waals surface area contributed by atoms with E-state index in [2.05, 4.69) is 0 Å². The molecule has 1 rings (SSSR count). The van der Waals surface area contributed by atoms with Crippen LogP contribution in [0.4, 0.5) is 4.39 Å². The fourth-order valence-corrected chi connectivity index (χ4v) is 0.959. The molecule has 0 heterocycles. The van der Waals surface area contributed by atoms with E-state index in [9.17, 15) is 9.18 Å². The maximum Gasteiger partial charge on any atom is 0.335 e. The van der Waals surface area contributed by atoms with E-state index < -0.39 is 11.8 Å². The molecule has 64 valence electrons. The highest BCUT2D eigenvalue weighted by Crippen LogP contribution is 2.20. The van der Waals surface area contributed by atoms with Gasteiger partial charge in [-0.1, -0.05) is 11.6 Å². The van der Waals surface area contributed by atoms with Crippen molar-refractivity contribution in [2.45, 2.75) is 6.92 Å². The van der Waals surface area contributed by atoms with Crippen molar-refractivity contribution in [3.63, 3.8) is 0 Å². The van der Waals surface area contributed by atoms with Crippen molar-refractivity contribution < 1.29 is 14.3 Å². The standard InChI is InChI=1S/C8H6ClFO2/c1-4-2-5(8(11)12)3-6(10)7(4)9/h2-3H,1H3,(H,11,12). The fourth-order valence-electron chi connectivity index (χ4n) is 0.850. The molecule has 1 aromatic rings. The van der Waals surface area contributed by atoms with Crippen LogP contribution in [0.15, 0.2) is 12.1 Å². The third-order valence-electron chi connectivity index (χ3n) is 1.46.